The van der Waals surface area contributed by atoms with Gasteiger partial charge in [-0.15, -0.1) is 0 Å². The van der Waals surface area contributed by atoms with Gasteiger partial charge >= 0.3 is 0 Å². The molecule has 0 saturated carbocycles. The number of carbonyl (C=O) groups is 1. The van der Waals surface area contributed by atoms with Gasteiger partial charge in [-0.05, 0) is 23.8 Å². The first-order chi connectivity index (χ1) is 16.0. The van der Waals surface area contributed by atoms with Gasteiger partial charge in [0.2, 0.25) is 5.91 Å². The average molecular weight is 438 g/mol. The molecule has 0 saturated heterocycles. The minimum atomic E-state index is -0.435. The quantitative estimate of drug-likeness (QED) is 0.458. The van der Waals surface area contributed by atoms with E-state index >= 15 is 0 Å². The van der Waals surface area contributed by atoms with Gasteiger partial charge in [0.15, 0.2) is 0 Å². The van der Waals surface area contributed by atoms with Crippen LogP contribution in [0.25, 0.3) is 21.8 Å². The SMILES string of the molecule is Cn1nc(CC(=O)NC(c2ccccc2)c2nc3ccccc3n2C)c2ccccc2c1=O. The maximum atomic E-state index is 13.3. The first-order valence-corrected chi connectivity index (χ1v) is 10.7. The van der Waals surface area contributed by atoms with Crippen molar-refractivity contribution in [2.45, 2.75) is 12.5 Å². The summed E-state index contributed by atoms with van der Waals surface area (Å²) in [6, 6.07) is 24.5. The molecule has 33 heavy (non-hydrogen) atoms. The smallest absolute Gasteiger partial charge is 0.274 e. The molecule has 1 N–H and O–H groups in total. The molecule has 0 aliphatic heterocycles. The Morgan fingerprint density at radius 1 is 0.909 bits per heavy atom. The normalized spacial score (nSPS) is 12.2. The van der Waals surface area contributed by atoms with Gasteiger partial charge in [-0.1, -0.05) is 60.7 Å². The second-order valence-electron chi connectivity index (χ2n) is 8.03. The van der Waals surface area contributed by atoms with E-state index in [0.29, 0.717) is 16.5 Å². The summed E-state index contributed by atoms with van der Waals surface area (Å²) in [5, 5.41) is 8.76. The van der Waals surface area contributed by atoms with Gasteiger partial charge in [-0.2, -0.15) is 5.10 Å². The van der Waals surface area contributed by atoms with Crippen LogP contribution in [0.5, 0.6) is 0 Å². The van der Waals surface area contributed by atoms with E-state index in [-0.39, 0.29) is 17.9 Å². The molecule has 0 fully saturated rings. The molecule has 0 aliphatic rings. The number of amides is 1. The van der Waals surface area contributed by atoms with Crippen LogP contribution in [-0.2, 0) is 25.3 Å². The average Bonchev–Trinajstić information content (AvgIpc) is 3.18. The van der Waals surface area contributed by atoms with Crippen LogP contribution in [0.3, 0.4) is 0 Å². The summed E-state index contributed by atoms with van der Waals surface area (Å²) in [6.45, 7) is 0. The molecule has 7 heteroatoms. The van der Waals surface area contributed by atoms with Crippen molar-refractivity contribution in [1.29, 1.82) is 0 Å². The molecule has 2 heterocycles. The van der Waals surface area contributed by atoms with Crippen molar-refractivity contribution in [3.63, 3.8) is 0 Å². The highest BCUT2D eigenvalue weighted by Gasteiger charge is 2.23. The second-order valence-corrected chi connectivity index (χ2v) is 8.03. The number of hydrogen-bond acceptors (Lipinski definition) is 4. The predicted octanol–water partition coefficient (Wildman–Crippen LogP) is 3.27. The van der Waals surface area contributed by atoms with E-state index in [9.17, 15) is 9.59 Å². The van der Waals surface area contributed by atoms with Gasteiger partial charge < -0.3 is 9.88 Å². The number of aryl methyl sites for hydroxylation is 2. The van der Waals surface area contributed by atoms with E-state index in [1.165, 1.54) is 4.68 Å². The third-order valence-corrected chi connectivity index (χ3v) is 5.88. The largest absolute Gasteiger partial charge is 0.342 e. The summed E-state index contributed by atoms with van der Waals surface area (Å²) >= 11 is 0. The fourth-order valence-electron chi connectivity index (χ4n) is 4.24. The summed E-state index contributed by atoms with van der Waals surface area (Å²) < 4.78 is 3.29. The fourth-order valence-corrected chi connectivity index (χ4v) is 4.24. The number of nitrogens with zero attached hydrogens (tertiary/aromatic N) is 4. The van der Waals surface area contributed by atoms with Crippen molar-refractivity contribution >= 4 is 27.7 Å². The first-order valence-electron chi connectivity index (χ1n) is 10.7. The van der Waals surface area contributed by atoms with Crippen molar-refractivity contribution < 1.29 is 4.79 Å². The van der Waals surface area contributed by atoms with Gasteiger partial charge in [0.1, 0.15) is 11.9 Å². The second kappa shape index (κ2) is 8.35. The van der Waals surface area contributed by atoms with Crippen LogP contribution in [0.1, 0.15) is 23.1 Å². The van der Waals surface area contributed by atoms with Crippen molar-refractivity contribution in [3.8, 4) is 0 Å². The third-order valence-electron chi connectivity index (χ3n) is 5.88. The summed E-state index contributed by atoms with van der Waals surface area (Å²) in [6.07, 6.45) is 0.0436. The van der Waals surface area contributed by atoms with Crippen LogP contribution in [-0.4, -0.2) is 25.2 Å². The van der Waals surface area contributed by atoms with E-state index in [1.54, 1.807) is 13.1 Å². The Morgan fingerprint density at radius 3 is 2.33 bits per heavy atom. The molecule has 0 radical (unpaired) electrons. The standard InChI is InChI=1S/C26H23N5O2/c1-30-22-15-9-8-14-20(22)27-25(30)24(17-10-4-3-5-11-17)28-23(32)16-21-18-12-6-7-13-19(18)26(33)31(2)29-21/h3-15,24H,16H2,1-2H3,(H,28,32). The Morgan fingerprint density at radius 2 is 1.58 bits per heavy atom. The molecule has 0 bridgehead atoms. The highest BCUT2D eigenvalue weighted by atomic mass is 16.2. The van der Waals surface area contributed by atoms with Crippen molar-refractivity contribution in [1.82, 2.24) is 24.6 Å². The lowest BCUT2D eigenvalue weighted by molar-refractivity contribution is -0.121. The van der Waals surface area contributed by atoms with Crippen LogP contribution in [0.4, 0.5) is 0 Å². The molecule has 164 valence electrons. The minimum Gasteiger partial charge on any atom is -0.342 e. The molecule has 7 nitrogen and oxygen atoms in total. The molecule has 0 spiro atoms. The van der Waals surface area contributed by atoms with Gasteiger partial charge in [0, 0.05) is 19.5 Å². The zero-order valence-electron chi connectivity index (χ0n) is 18.4. The van der Waals surface area contributed by atoms with Crippen LogP contribution < -0.4 is 10.9 Å². The maximum Gasteiger partial charge on any atom is 0.274 e. The van der Waals surface area contributed by atoms with Gasteiger partial charge in [-0.3, -0.25) is 9.59 Å². The Labute approximate surface area is 190 Å². The highest BCUT2D eigenvalue weighted by Crippen LogP contribution is 2.25. The number of carbonyl (C=O) groups excluding carboxylic acids is 1. The molecule has 3 aromatic carbocycles. The number of rotatable bonds is 5. The number of benzene rings is 3. The van der Waals surface area contributed by atoms with Gasteiger partial charge in [-0.25, -0.2) is 9.67 Å². The molecule has 1 atom stereocenters. The molecule has 5 rings (SSSR count). The lowest BCUT2D eigenvalue weighted by Crippen LogP contribution is -2.33. The van der Waals surface area contributed by atoms with Gasteiger partial charge in [0.25, 0.3) is 5.56 Å². The van der Waals surface area contributed by atoms with Crippen LogP contribution in [0.2, 0.25) is 0 Å². The maximum absolute atomic E-state index is 13.3. The van der Waals surface area contributed by atoms with Crippen LogP contribution in [0, 0.1) is 0 Å². The minimum absolute atomic E-state index is 0.0436. The van der Waals surface area contributed by atoms with Crippen molar-refractivity contribution in [3.05, 3.63) is 106 Å². The van der Waals surface area contributed by atoms with Crippen LogP contribution >= 0.6 is 0 Å². The number of hydrogen-bond donors (Lipinski definition) is 1. The number of imidazole rings is 1. The Bertz CT molecular complexity index is 1540. The number of aromatic nitrogens is 4. The summed E-state index contributed by atoms with van der Waals surface area (Å²) in [5.41, 5.74) is 3.17. The molecule has 1 unspecified atom stereocenters. The van der Waals surface area contributed by atoms with E-state index in [0.717, 1.165) is 22.4 Å². The van der Waals surface area contributed by atoms with E-state index in [4.69, 9.17) is 4.98 Å². The third kappa shape index (κ3) is 3.78. The Hall–Kier alpha value is -4.26. The number of fused-ring (bicyclic) bond motifs is 2. The molecular weight excluding hydrogens is 414 g/mol. The number of para-hydroxylation sites is 2. The molecule has 5 aromatic rings. The van der Waals surface area contributed by atoms with Crippen molar-refractivity contribution in [2.75, 3.05) is 0 Å². The van der Waals surface area contributed by atoms with E-state index < -0.39 is 6.04 Å². The monoisotopic (exact) mass is 437 g/mol. The van der Waals surface area contributed by atoms with E-state index in [2.05, 4.69) is 10.4 Å². The molecule has 1 amide bonds. The zero-order valence-corrected chi connectivity index (χ0v) is 18.4. The highest BCUT2D eigenvalue weighted by molar-refractivity contribution is 5.88. The predicted molar refractivity (Wildman–Crippen MR) is 128 cm³/mol. The zero-order chi connectivity index (χ0) is 22.9. The Kier molecular flexibility index (Phi) is 5.22. The summed E-state index contributed by atoms with van der Waals surface area (Å²) in [7, 11) is 3.55. The van der Waals surface area contributed by atoms with Gasteiger partial charge in [0.05, 0.1) is 28.5 Å². The first kappa shape index (κ1) is 20.6. The molecular formula is C26H23N5O2. The summed E-state index contributed by atoms with van der Waals surface area (Å²) in [4.78, 5) is 30.5. The lowest BCUT2D eigenvalue weighted by atomic mass is 10.0. The lowest BCUT2D eigenvalue weighted by Gasteiger charge is -2.19. The fraction of sp³-hybridized carbons (Fsp3) is 0.154. The van der Waals surface area contributed by atoms with Crippen LogP contribution in [0.15, 0.2) is 83.7 Å². The van der Waals surface area contributed by atoms with E-state index in [1.807, 2.05) is 84.4 Å². The Balaban J connectivity index is 1.53. The topological polar surface area (TPSA) is 81.8 Å². The van der Waals surface area contributed by atoms with Crippen molar-refractivity contribution in [2.24, 2.45) is 14.1 Å². The molecule has 0 aliphatic carbocycles. The summed E-state index contributed by atoms with van der Waals surface area (Å²) in [5.74, 6) is 0.543. The number of nitrogens with one attached hydrogen (secondary N) is 1. The molecule has 2 aromatic heterocycles.